The van der Waals surface area contributed by atoms with Gasteiger partial charge in [0.1, 0.15) is 17.4 Å². The lowest BCUT2D eigenvalue weighted by molar-refractivity contribution is 0.248. The number of aromatic nitrogens is 5. The second-order valence-electron chi connectivity index (χ2n) is 8.72. The van der Waals surface area contributed by atoms with Crippen LogP contribution < -0.4 is 15.5 Å². The Labute approximate surface area is 199 Å². The van der Waals surface area contributed by atoms with E-state index in [1.807, 2.05) is 42.5 Å². The van der Waals surface area contributed by atoms with Gasteiger partial charge in [-0.25, -0.2) is 14.5 Å². The van der Waals surface area contributed by atoms with Crippen molar-refractivity contribution in [2.75, 3.05) is 17.3 Å². The van der Waals surface area contributed by atoms with Crippen LogP contribution >= 0.6 is 0 Å². The number of aliphatic imine (C=N–C) groups is 1. The number of carbonyl (C=O) groups excluding carboxylic acids is 1. The summed E-state index contributed by atoms with van der Waals surface area (Å²) in [6, 6.07) is 19.3. The van der Waals surface area contributed by atoms with Gasteiger partial charge in [0, 0.05) is 24.8 Å². The molecule has 2 aliphatic heterocycles. The highest BCUT2D eigenvalue weighted by Gasteiger charge is 2.44. The molecular formula is C25H21N9O. The molecule has 4 heterocycles. The number of nitrogens with zero attached hydrogens (tertiary/aromatic N) is 6. The fraction of sp³-hybridized carbons (Fsp3) is 0.160. The molecule has 172 valence electrons. The number of fused-ring (bicyclic) bond motifs is 3. The number of nitrogens with one attached hydrogen (secondary N) is 3. The molecule has 3 N–H and O–H groups in total. The fourth-order valence-electron chi connectivity index (χ4n) is 5.09. The Morgan fingerprint density at radius 1 is 1.06 bits per heavy atom. The van der Waals surface area contributed by atoms with Crippen LogP contribution in [-0.2, 0) is 6.42 Å². The summed E-state index contributed by atoms with van der Waals surface area (Å²) in [7, 11) is 1.79. The van der Waals surface area contributed by atoms with Crippen molar-refractivity contribution in [2.24, 2.45) is 4.99 Å². The van der Waals surface area contributed by atoms with Gasteiger partial charge in [-0.3, -0.25) is 9.89 Å². The number of hydrogen-bond donors (Lipinski definition) is 3. The minimum atomic E-state index is -0.462. The van der Waals surface area contributed by atoms with E-state index < -0.39 is 6.17 Å². The lowest BCUT2D eigenvalue weighted by Gasteiger charge is -2.27. The SMILES string of the molecule is CN=C1Cc2cc(C3C(n4nnc5ccccc54)NC(=O)N3c3ccc4[nH]cnc4c3)ccc2N1. The maximum Gasteiger partial charge on any atom is 0.324 e. The summed E-state index contributed by atoms with van der Waals surface area (Å²) < 4.78 is 1.80. The van der Waals surface area contributed by atoms with Gasteiger partial charge in [0.25, 0.3) is 0 Å². The van der Waals surface area contributed by atoms with Crippen LogP contribution in [-0.4, -0.2) is 43.9 Å². The van der Waals surface area contributed by atoms with E-state index in [9.17, 15) is 4.79 Å². The number of carbonyl (C=O) groups is 1. The zero-order chi connectivity index (χ0) is 23.5. The summed E-state index contributed by atoms with van der Waals surface area (Å²) >= 11 is 0. The average Bonchev–Trinajstić information content (AvgIpc) is 3.66. The standard InChI is InChI=1S/C25H21N9O/c1-26-22-11-15-10-14(6-8-17(15)29-22)23-24(34-21-5-3-2-4-19(21)31-32-34)30-25(35)33(23)16-7-9-18-20(12-16)28-13-27-18/h2-10,12-13,23-24H,11H2,1H3,(H,26,29)(H,27,28)(H,30,35). The second-order valence-corrected chi connectivity index (χ2v) is 8.72. The minimum absolute atomic E-state index is 0.205. The summed E-state index contributed by atoms with van der Waals surface area (Å²) in [6.07, 6.45) is 1.92. The van der Waals surface area contributed by atoms with E-state index in [-0.39, 0.29) is 12.1 Å². The highest BCUT2D eigenvalue weighted by atomic mass is 16.2. The first-order chi connectivity index (χ1) is 17.2. The highest BCUT2D eigenvalue weighted by molar-refractivity contribution is 6.03. The van der Waals surface area contributed by atoms with Gasteiger partial charge in [-0.1, -0.05) is 29.5 Å². The lowest BCUT2D eigenvalue weighted by Crippen LogP contribution is -2.29. The van der Waals surface area contributed by atoms with Crippen molar-refractivity contribution < 1.29 is 4.79 Å². The number of hydrogen-bond acceptors (Lipinski definition) is 5. The molecule has 2 atom stereocenters. The van der Waals surface area contributed by atoms with Gasteiger partial charge >= 0.3 is 6.03 Å². The third-order valence-electron chi connectivity index (χ3n) is 6.77. The molecule has 1 fully saturated rings. The third-order valence-corrected chi connectivity index (χ3v) is 6.77. The van der Waals surface area contributed by atoms with E-state index in [4.69, 9.17) is 0 Å². The maximum atomic E-state index is 13.5. The molecule has 7 rings (SSSR count). The van der Waals surface area contributed by atoms with Crippen molar-refractivity contribution in [1.29, 1.82) is 0 Å². The molecule has 3 aromatic carbocycles. The van der Waals surface area contributed by atoms with Crippen LogP contribution in [0.1, 0.15) is 23.3 Å². The molecule has 0 spiro atoms. The van der Waals surface area contributed by atoms with E-state index in [0.29, 0.717) is 0 Å². The Hall–Kier alpha value is -4.73. The smallest absolute Gasteiger partial charge is 0.324 e. The van der Waals surface area contributed by atoms with Gasteiger partial charge in [-0.05, 0) is 47.5 Å². The maximum absolute atomic E-state index is 13.5. The molecular weight excluding hydrogens is 442 g/mol. The predicted molar refractivity (Wildman–Crippen MR) is 134 cm³/mol. The van der Waals surface area contributed by atoms with Crippen LogP contribution in [0.25, 0.3) is 22.1 Å². The molecule has 2 aliphatic rings. The Kier molecular flexibility index (Phi) is 4.16. The summed E-state index contributed by atoms with van der Waals surface area (Å²) in [5.74, 6) is 0.928. The zero-order valence-corrected chi connectivity index (χ0v) is 18.8. The number of amidine groups is 1. The summed E-state index contributed by atoms with van der Waals surface area (Å²) in [6.45, 7) is 0. The number of rotatable bonds is 3. The number of amides is 2. The highest BCUT2D eigenvalue weighted by Crippen LogP contribution is 2.42. The normalized spacial score (nSPS) is 20.5. The molecule has 0 bridgehead atoms. The van der Waals surface area contributed by atoms with Gasteiger partial charge in [0.2, 0.25) is 0 Å². The number of H-pyrrole nitrogens is 1. The van der Waals surface area contributed by atoms with Crippen LogP contribution in [0.15, 0.2) is 72.0 Å². The van der Waals surface area contributed by atoms with Gasteiger partial charge in [0.15, 0.2) is 6.17 Å². The Morgan fingerprint density at radius 3 is 2.89 bits per heavy atom. The Balaban J connectivity index is 1.40. The third kappa shape index (κ3) is 2.99. The van der Waals surface area contributed by atoms with Crippen molar-refractivity contribution >= 4 is 45.3 Å². The van der Waals surface area contributed by atoms with Crippen molar-refractivity contribution in [3.63, 3.8) is 0 Å². The van der Waals surface area contributed by atoms with E-state index in [1.54, 1.807) is 23.0 Å². The largest absolute Gasteiger partial charge is 0.345 e. The summed E-state index contributed by atoms with van der Waals surface area (Å²) in [5.41, 5.74) is 7.28. The fourth-order valence-corrected chi connectivity index (χ4v) is 5.09. The Morgan fingerprint density at radius 2 is 1.97 bits per heavy atom. The monoisotopic (exact) mass is 463 g/mol. The molecule has 10 heteroatoms. The number of benzene rings is 3. The van der Waals surface area contributed by atoms with Crippen LogP contribution in [0.3, 0.4) is 0 Å². The molecule has 2 aromatic heterocycles. The van der Waals surface area contributed by atoms with E-state index >= 15 is 0 Å². The first-order valence-corrected chi connectivity index (χ1v) is 11.4. The lowest BCUT2D eigenvalue weighted by atomic mass is 9.99. The van der Waals surface area contributed by atoms with E-state index in [2.05, 4.69) is 54.1 Å². The zero-order valence-electron chi connectivity index (χ0n) is 18.8. The van der Waals surface area contributed by atoms with Crippen molar-refractivity contribution in [3.05, 3.63) is 78.1 Å². The van der Waals surface area contributed by atoms with Crippen LogP contribution in [0.2, 0.25) is 0 Å². The molecule has 0 aliphatic carbocycles. The van der Waals surface area contributed by atoms with Crippen molar-refractivity contribution in [2.45, 2.75) is 18.6 Å². The summed E-state index contributed by atoms with van der Waals surface area (Å²) in [4.78, 5) is 27.1. The molecule has 2 unspecified atom stereocenters. The first-order valence-electron chi connectivity index (χ1n) is 11.4. The van der Waals surface area contributed by atoms with Crippen LogP contribution in [0.5, 0.6) is 0 Å². The molecule has 0 saturated carbocycles. The summed E-state index contributed by atoms with van der Waals surface area (Å²) in [5, 5.41) is 15.3. The number of anilines is 2. The van der Waals surface area contributed by atoms with Gasteiger partial charge in [0.05, 0.1) is 22.9 Å². The first kappa shape index (κ1) is 19.7. The number of para-hydroxylation sites is 1. The molecule has 2 amide bonds. The van der Waals surface area contributed by atoms with Crippen molar-refractivity contribution in [1.82, 2.24) is 30.3 Å². The van der Waals surface area contributed by atoms with Crippen LogP contribution in [0, 0.1) is 0 Å². The second kappa shape index (κ2) is 7.39. The van der Waals surface area contributed by atoms with Gasteiger partial charge in [-0.2, -0.15) is 0 Å². The van der Waals surface area contributed by atoms with E-state index in [1.165, 1.54) is 0 Å². The molecule has 35 heavy (non-hydrogen) atoms. The quantitative estimate of drug-likeness (QED) is 0.377. The molecule has 10 nitrogen and oxygen atoms in total. The van der Waals surface area contributed by atoms with Gasteiger partial charge in [-0.15, -0.1) is 5.10 Å². The minimum Gasteiger partial charge on any atom is -0.345 e. The Bertz CT molecular complexity index is 1650. The average molecular weight is 464 g/mol. The molecule has 1 saturated heterocycles. The molecule has 5 aromatic rings. The molecule has 0 radical (unpaired) electrons. The topological polar surface area (TPSA) is 116 Å². The predicted octanol–water partition coefficient (Wildman–Crippen LogP) is 3.77. The number of aromatic amines is 1. The van der Waals surface area contributed by atoms with E-state index in [0.717, 1.165) is 56.8 Å². The number of urea groups is 1. The van der Waals surface area contributed by atoms with Crippen LogP contribution in [0.4, 0.5) is 16.2 Å². The van der Waals surface area contributed by atoms with Gasteiger partial charge < -0.3 is 15.6 Å². The van der Waals surface area contributed by atoms with Crippen molar-refractivity contribution in [3.8, 4) is 0 Å². The number of imidazole rings is 1.